The molecular formula is C19H22N2O2. The van der Waals surface area contributed by atoms with Crippen molar-refractivity contribution in [2.75, 3.05) is 18.5 Å². The van der Waals surface area contributed by atoms with E-state index >= 15 is 0 Å². The van der Waals surface area contributed by atoms with Gasteiger partial charge in [0.25, 0.3) is 0 Å². The zero-order valence-corrected chi connectivity index (χ0v) is 13.4. The standard InChI is InChI=1S/C19H22N2O2/c1-21(19(22)23-14-15-6-3-2-4-7-15)18-10-9-16-8-5-11-20-13-17(16)12-18/h2-4,6-7,9-10,12,20H,5,8,11,13-14H2,1H3. The molecule has 0 radical (unpaired) electrons. The van der Waals surface area contributed by atoms with Crippen molar-refractivity contribution in [2.45, 2.75) is 26.0 Å². The zero-order valence-electron chi connectivity index (χ0n) is 13.4. The van der Waals surface area contributed by atoms with E-state index in [1.807, 2.05) is 36.4 Å². The van der Waals surface area contributed by atoms with Gasteiger partial charge in [-0.3, -0.25) is 4.90 Å². The van der Waals surface area contributed by atoms with Crippen molar-refractivity contribution < 1.29 is 9.53 Å². The van der Waals surface area contributed by atoms with Gasteiger partial charge in [-0.15, -0.1) is 0 Å². The van der Waals surface area contributed by atoms with Gasteiger partial charge in [-0.2, -0.15) is 0 Å². The van der Waals surface area contributed by atoms with Crippen molar-refractivity contribution in [3.8, 4) is 0 Å². The van der Waals surface area contributed by atoms with E-state index in [1.54, 1.807) is 11.9 Å². The number of carbonyl (C=O) groups is 1. The molecule has 0 aliphatic carbocycles. The average molecular weight is 310 g/mol. The molecule has 0 spiro atoms. The van der Waals surface area contributed by atoms with Gasteiger partial charge in [0.05, 0.1) is 0 Å². The molecule has 1 heterocycles. The van der Waals surface area contributed by atoms with Gasteiger partial charge in [0, 0.05) is 19.3 Å². The Kier molecular flexibility index (Phi) is 4.93. The molecule has 4 nitrogen and oxygen atoms in total. The third kappa shape index (κ3) is 3.90. The number of benzene rings is 2. The van der Waals surface area contributed by atoms with Gasteiger partial charge in [-0.05, 0) is 48.2 Å². The first kappa shape index (κ1) is 15.6. The molecule has 0 saturated heterocycles. The summed E-state index contributed by atoms with van der Waals surface area (Å²) in [6.45, 7) is 2.19. The Labute approximate surface area is 137 Å². The van der Waals surface area contributed by atoms with Crippen molar-refractivity contribution in [2.24, 2.45) is 0 Å². The summed E-state index contributed by atoms with van der Waals surface area (Å²) in [5.74, 6) is 0. The third-order valence-corrected chi connectivity index (χ3v) is 4.17. The number of aryl methyl sites for hydroxylation is 1. The van der Waals surface area contributed by atoms with Crippen LogP contribution in [0.2, 0.25) is 0 Å². The second kappa shape index (κ2) is 7.29. The number of hydrogen-bond acceptors (Lipinski definition) is 3. The van der Waals surface area contributed by atoms with Crippen LogP contribution in [0.1, 0.15) is 23.1 Å². The number of hydrogen-bond donors (Lipinski definition) is 1. The lowest BCUT2D eigenvalue weighted by Gasteiger charge is -2.19. The molecule has 1 amide bonds. The lowest BCUT2D eigenvalue weighted by molar-refractivity contribution is 0.148. The van der Waals surface area contributed by atoms with Crippen LogP contribution in [-0.4, -0.2) is 19.7 Å². The molecule has 0 bridgehead atoms. The highest BCUT2D eigenvalue weighted by Gasteiger charge is 2.15. The van der Waals surface area contributed by atoms with Gasteiger partial charge in [-0.1, -0.05) is 36.4 Å². The highest BCUT2D eigenvalue weighted by molar-refractivity contribution is 5.87. The molecule has 0 unspecified atom stereocenters. The first-order chi connectivity index (χ1) is 11.2. The fourth-order valence-corrected chi connectivity index (χ4v) is 2.78. The van der Waals surface area contributed by atoms with E-state index < -0.39 is 0 Å². The number of nitrogens with one attached hydrogen (secondary N) is 1. The minimum Gasteiger partial charge on any atom is -0.444 e. The van der Waals surface area contributed by atoms with Crippen molar-refractivity contribution in [3.63, 3.8) is 0 Å². The highest BCUT2D eigenvalue weighted by Crippen LogP contribution is 2.22. The topological polar surface area (TPSA) is 41.6 Å². The molecule has 0 saturated carbocycles. The Balaban J connectivity index is 1.66. The molecule has 23 heavy (non-hydrogen) atoms. The van der Waals surface area contributed by atoms with E-state index in [1.165, 1.54) is 11.1 Å². The Morgan fingerprint density at radius 1 is 1.17 bits per heavy atom. The fourth-order valence-electron chi connectivity index (χ4n) is 2.78. The van der Waals surface area contributed by atoms with Crippen LogP contribution in [0.15, 0.2) is 48.5 Å². The number of fused-ring (bicyclic) bond motifs is 1. The Hall–Kier alpha value is -2.33. The summed E-state index contributed by atoms with van der Waals surface area (Å²) >= 11 is 0. The summed E-state index contributed by atoms with van der Waals surface area (Å²) in [5, 5.41) is 3.41. The van der Waals surface area contributed by atoms with Crippen molar-refractivity contribution in [1.29, 1.82) is 0 Å². The number of nitrogens with zero attached hydrogens (tertiary/aromatic N) is 1. The van der Waals surface area contributed by atoms with E-state index in [0.717, 1.165) is 37.2 Å². The molecule has 3 rings (SSSR count). The van der Waals surface area contributed by atoms with Crippen LogP contribution >= 0.6 is 0 Å². The van der Waals surface area contributed by atoms with Crippen LogP contribution in [0.4, 0.5) is 10.5 Å². The Bertz CT molecular complexity index is 670. The molecule has 2 aromatic carbocycles. The van der Waals surface area contributed by atoms with E-state index in [0.29, 0.717) is 0 Å². The predicted molar refractivity (Wildman–Crippen MR) is 91.5 cm³/mol. The molecule has 0 fully saturated rings. The average Bonchev–Trinajstić information content (AvgIpc) is 2.84. The van der Waals surface area contributed by atoms with Crippen LogP contribution in [0, 0.1) is 0 Å². The SMILES string of the molecule is CN(C(=O)OCc1ccccc1)c1ccc2c(c1)CNCCC2. The Morgan fingerprint density at radius 3 is 2.83 bits per heavy atom. The second-order valence-electron chi connectivity index (χ2n) is 5.83. The van der Waals surface area contributed by atoms with Crippen LogP contribution in [0.3, 0.4) is 0 Å². The minimum atomic E-state index is -0.338. The molecule has 0 atom stereocenters. The fraction of sp³-hybridized carbons (Fsp3) is 0.316. The van der Waals surface area contributed by atoms with E-state index in [2.05, 4.69) is 17.4 Å². The normalized spacial score (nSPS) is 13.8. The number of rotatable bonds is 3. The summed E-state index contributed by atoms with van der Waals surface area (Å²) in [6, 6.07) is 15.9. The molecule has 1 aliphatic heterocycles. The smallest absolute Gasteiger partial charge is 0.414 e. The van der Waals surface area contributed by atoms with Gasteiger partial charge in [0.15, 0.2) is 0 Å². The number of amides is 1. The molecule has 2 aromatic rings. The lowest BCUT2D eigenvalue weighted by atomic mass is 10.0. The van der Waals surface area contributed by atoms with Crippen LogP contribution in [-0.2, 0) is 24.3 Å². The largest absolute Gasteiger partial charge is 0.444 e. The highest BCUT2D eigenvalue weighted by atomic mass is 16.6. The molecule has 0 aromatic heterocycles. The van der Waals surface area contributed by atoms with E-state index in [4.69, 9.17) is 4.74 Å². The first-order valence-electron chi connectivity index (χ1n) is 8.01. The molecule has 4 heteroatoms. The van der Waals surface area contributed by atoms with Crippen LogP contribution < -0.4 is 10.2 Å². The quantitative estimate of drug-likeness (QED) is 0.943. The summed E-state index contributed by atoms with van der Waals surface area (Å²) in [4.78, 5) is 13.8. The summed E-state index contributed by atoms with van der Waals surface area (Å²) < 4.78 is 5.38. The van der Waals surface area contributed by atoms with Crippen LogP contribution in [0.25, 0.3) is 0 Å². The summed E-state index contributed by atoms with van der Waals surface area (Å²) in [6.07, 6.45) is 1.90. The Morgan fingerprint density at radius 2 is 2.00 bits per heavy atom. The summed E-state index contributed by atoms with van der Waals surface area (Å²) in [7, 11) is 1.75. The second-order valence-corrected chi connectivity index (χ2v) is 5.83. The first-order valence-corrected chi connectivity index (χ1v) is 8.01. The predicted octanol–water partition coefficient (Wildman–Crippen LogP) is 3.50. The van der Waals surface area contributed by atoms with Crippen LogP contribution in [0.5, 0.6) is 0 Å². The minimum absolute atomic E-state index is 0.288. The number of carbonyl (C=O) groups excluding carboxylic acids is 1. The molecule has 1 aliphatic rings. The van der Waals surface area contributed by atoms with Crippen molar-refractivity contribution in [1.82, 2.24) is 5.32 Å². The van der Waals surface area contributed by atoms with E-state index in [-0.39, 0.29) is 12.7 Å². The monoisotopic (exact) mass is 310 g/mol. The van der Waals surface area contributed by atoms with Gasteiger partial charge in [0.1, 0.15) is 6.61 Å². The maximum atomic E-state index is 12.2. The van der Waals surface area contributed by atoms with Crippen molar-refractivity contribution >= 4 is 11.8 Å². The summed E-state index contributed by atoms with van der Waals surface area (Å²) in [5.41, 5.74) is 4.48. The maximum Gasteiger partial charge on any atom is 0.414 e. The van der Waals surface area contributed by atoms with Gasteiger partial charge >= 0.3 is 6.09 Å². The van der Waals surface area contributed by atoms with Crippen molar-refractivity contribution in [3.05, 3.63) is 65.2 Å². The van der Waals surface area contributed by atoms with E-state index in [9.17, 15) is 4.79 Å². The van der Waals surface area contributed by atoms with Gasteiger partial charge in [0.2, 0.25) is 0 Å². The van der Waals surface area contributed by atoms with Gasteiger partial charge < -0.3 is 10.1 Å². The lowest BCUT2D eigenvalue weighted by Crippen LogP contribution is -2.27. The molecule has 120 valence electrons. The van der Waals surface area contributed by atoms with Gasteiger partial charge in [-0.25, -0.2) is 4.79 Å². The third-order valence-electron chi connectivity index (χ3n) is 4.17. The zero-order chi connectivity index (χ0) is 16.1. The number of ether oxygens (including phenoxy) is 1. The molecular weight excluding hydrogens is 288 g/mol. The molecule has 1 N–H and O–H groups in total. The maximum absolute atomic E-state index is 12.2. The number of anilines is 1.